The Morgan fingerprint density at radius 1 is 1.12 bits per heavy atom. The van der Waals surface area contributed by atoms with Crippen molar-refractivity contribution >= 4 is 5.69 Å². The first-order valence-corrected chi connectivity index (χ1v) is 6.61. The quantitative estimate of drug-likeness (QED) is 0.586. The lowest BCUT2D eigenvalue weighted by atomic mass is 9.91. The second kappa shape index (κ2) is 5.38. The van der Waals surface area contributed by atoms with E-state index in [1.54, 1.807) is 0 Å². The minimum absolute atomic E-state index is 0.868. The first-order valence-electron chi connectivity index (χ1n) is 6.61. The molecule has 1 saturated carbocycles. The van der Waals surface area contributed by atoms with Crippen molar-refractivity contribution in [3.63, 3.8) is 0 Å². The first kappa shape index (κ1) is 11.5. The molecule has 1 heteroatoms. The monoisotopic (exact) mass is 217 g/mol. The Morgan fingerprint density at radius 2 is 1.81 bits per heavy atom. The van der Waals surface area contributed by atoms with E-state index in [9.17, 15) is 0 Å². The molecule has 1 aromatic rings. The van der Waals surface area contributed by atoms with Crippen LogP contribution >= 0.6 is 0 Å². The molecular weight excluding hydrogens is 194 g/mol. The number of aryl methyl sites for hydroxylation is 1. The van der Waals surface area contributed by atoms with Crippen molar-refractivity contribution in [2.24, 2.45) is 5.92 Å². The first-order chi connectivity index (χ1) is 7.75. The van der Waals surface area contributed by atoms with Crippen molar-refractivity contribution in [2.75, 3.05) is 5.73 Å². The predicted molar refractivity (Wildman–Crippen MR) is 70.5 cm³/mol. The molecule has 0 unspecified atom stereocenters. The van der Waals surface area contributed by atoms with Gasteiger partial charge in [0.1, 0.15) is 0 Å². The highest BCUT2D eigenvalue weighted by atomic mass is 14.6. The maximum absolute atomic E-state index is 6.08. The average molecular weight is 217 g/mol. The fraction of sp³-hybridized carbons (Fsp3) is 0.600. The minimum Gasteiger partial charge on any atom is -0.398 e. The van der Waals surface area contributed by atoms with E-state index in [0.29, 0.717) is 0 Å². The largest absolute Gasteiger partial charge is 0.398 e. The van der Waals surface area contributed by atoms with Gasteiger partial charge in [-0.3, -0.25) is 0 Å². The van der Waals surface area contributed by atoms with Gasteiger partial charge in [-0.15, -0.1) is 0 Å². The Morgan fingerprint density at radius 3 is 2.44 bits per heavy atom. The molecule has 1 aromatic carbocycles. The molecule has 88 valence electrons. The average Bonchev–Trinajstić information content (AvgIpc) is 2.51. The molecule has 2 N–H and O–H groups in total. The zero-order valence-electron chi connectivity index (χ0n) is 10.3. The van der Waals surface area contributed by atoms with E-state index in [1.165, 1.54) is 56.1 Å². The summed E-state index contributed by atoms with van der Waals surface area (Å²) in [6, 6.07) is 6.50. The summed E-state index contributed by atoms with van der Waals surface area (Å²) in [7, 11) is 0. The van der Waals surface area contributed by atoms with Crippen molar-refractivity contribution in [1.29, 1.82) is 0 Å². The lowest BCUT2D eigenvalue weighted by molar-refractivity contribution is 0.458. The molecule has 1 fully saturated rings. The van der Waals surface area contributed by atoms with Crippen molar-refractivity contribution in [1.82, 2.24) is 0 Å². The van der Waals surface area contributed by atoms with E-state index in [4.69, 9.17) is 5.73 Å². The number of nitrogens with two attached hydrogens (primary N) is 1. The van der Waals surface area contributed by atoms with E-state index in [0.717, 1.165) is 11.6 Å². The predicted octanol–water partition coefficient (Wildman–Crippen LogP) is 4.09. The van der Waals surface area contributed by atoms with Gasteiger partial charge in [0.2, 0.25) is 0 Å². The van der Waals surface area contributed by atoms with Gasteiger partial charge >= 0.3 is 0 Å². The van der Waals surface area contributed by atoms with Crippen LogP contribution < -0.4 is 5.73 Å². The molecule has 0 heterocycles. The zero-order valence-corrected chi connectivity index (χ0v) is 10.3. The Kier molecular flexibility index (Phi) is 3.87. The highest BCUT2D eigenvalue weighted by molar-refractivity contribution is 5.49. The van der Waals surface area contributed by atoms with Crippen LogP contribution in [0.15, 0.2) is 18.2 Å². The van der Waals surface area contributed by atoms with Gasteiger partial charge < -0.3 is 5.73 Å². The van der Waals surface area contributed by atoms with Gasteiger partial charge in [0.15, 0.2) is 0 Å². The van der Waals surface area contributed by atoms with Crippen LogP contribution in [0.4, 0.5) is 5.69 Å². The zero-order chi connectivity index (χ0) is 11.4. The maximum Gasteiger partial charge on any atom is 0.0349 e. The van der Waals surface area contributed by atoms with Crippen LogP contribution in [0.2, 0.25) is 0 Å². The number of anilines is 1. The third-order valence-electron chi connectivity index (χ3n) is 3.78. The van der Waals surface area contributed by atoms with Crippen LogP contribution in [0, 0.1) is 12.8 Å². The molecule has 1 aliphatic carbocycles. The molecule has 0 spiro atoms. The summed E-state index contributed by atoms with van der Waals surface area (Å²) < 4.78 is 0. The smallest absolute Gasteiger partial charge is 0.0349 e. The van der Waals surface area contributed by atoms with Gasteiger partial charge in [0, 0.05) is 5.69 Å². The lowest BCUT2D eigenvalue weighted by Crippen LogP contribution is -2.05. The molecule has 0 saturated heterocycles. The topological polar surface area (TPSA) is 26.0 Å². The highest BCUT2D eigenvalue weighted by Gasteiger charge is 2.13. The number of hydrogen-bond donors (Lipinski definition) is 1. The van der Waals surface area contributed by atoms with E-state index >= 15 is 0 Å². The Hall–Kier alpha value is -0.980. The number of hydrogen-bond acceptors (Lipinski definition) is 1. The van der Waals surface area contributed by atoms with E-state index in [1.807, 2.05) is 0 Å². The summed E-state index contributed by atoms with van der Waals surface area (Å²) in [5, 5.41) is 0. The molecule has 1 aliphatic rings. The summed E-state index contributed by atoms with van der Waals surface area (Å²) in [6.45, 7) is 2.10. The summed E-state index contributed by atoms with van der Waals surface area (Å²) in [4.78, 5) is 0. The van der Waals surface area contributed by atoms with Gasteiger partial charge in [-0.1, -0.05) is 50.7 Å². The van der Waals surface area contributed by atoms with Crippen LogP contribution in [0.1, 0.15) is 49.7 Å². The van der Waals surface area contributed by atoms with Gasteiger partial charge in [-0.05, 0) is 36.5 Å². The van der Waals surface area contributed by atoms with E-state index in [-0.39, 0.29) is 0 Å². The van der Waals surface area contributed by atoms with Gasteiger partial charge in [-0.2, -0.15) is 0 Å². The maximum atomic E-state index is 6.08. The van der Waals surface area contributed by atoms with Crippen LogP contribution in [-0.4, -0.2) is 0 Å². The summed E-state index contributed by atoms with van der Waals surface area (Å²) in [5.74, 6) is 0.868. The second-order valence-electron chi connectivity index (χ2n) is 5.26. The molecule has 1 nitrogen and oxygen atoms in total. The summed E-state index contributed by atoms with van der Waals surface area (Å²) in [5.41, 5.74) is 9.69. The van der Waals surface area contributed by atoms with Crippen LogP contribution in [0.3, 0.4) is 0 Å². The SMILES string of the molecule is Cc1ccc(CC2CCCCCC2)c(N)c1. The van der Waals surface area contributed by atoms with E-state index < -0.39 is 0 Å². The van der Waals surface area contributed by atoms with Crippen molar-refractivity contribution in [3.8, 4) is 0 Å². The molecular formula is C15H23N. The van der Waals surface area contributed by atoms with Gasteiger partial charge in [0.05, 0.1) is 0 Å². The molecule has 0 aliphatic heterocycles. The van der Waals surface area contributed by atoms with Crippen LogP contribution in [-0.2, 0) is 6.42 Å². The van der Waals surface area contributed by atoms with Crippen molar-refractivity contribution in [3.05, 3.63) is 29.3 Å². The Balaban J connectivity index is 2.01. The molecule has 0 aromatic heterocycles. The van der Waals surface area contributed by atoms with Crippen molar-refractivity contribution in [2.45, 2.75) is 51.9 Å². The molecule has 0 radical (unpaired) electrons. The summed E-state index contributed by atoms with van der Waals surface area (Å²) >= 11 is 0. The second-order valence-corrected chi connectivity index (χ2v) is 5.26. The number of benzene rings is 1. The normalized spacial score (nSPS) is 18.3. The highest BCUT2D eigenvalue weighted by Crippen LogP contribution is 2.28. The number of nitrogen functional groups attached to an aromatic ring is 1. The van der Waals surface area contributed by atoms with Gasteiger partial charge in [-0.25, -0.2) is 0 Å². The van der Waals surface area contributed by atoms with Crippen LogP contribution in [0.25, 0.3) is 0 Å². The Labute approximate surface area is 99.0 Å². The fourth-order valence-corrected chi connectivity index (χ4v) is 2.78. The third-order valence-corrected chi connectivity index (χ3v) is 3.78. The molecule has 0 atom stereocenters. The third kappa shape index (κ3) is 3.01. The van der Waals surface area contributed by atoms with E-state index in [2.05, 4.69) is 25.1 Å². The minimum atomic E-state index is 0.868. The van der Waals surface area contributed by atoms with Gasteiger partial charge in [0.25, 0.3) is 0 Å². The number of rotatable bonds is 2. The standard InChI is InChI=1S/C15H23N/c1-12-8-9-14(15(16)10-12)11-13-6-4-2-3-5-7-13/h8-10,13H,2-7,11,16H2,1H3. The fourth-order valence-electron chi connectivity index (χ4n) is 2.78. The molecule has 16 heavy (non-hydrogen) atoms. The summed E-state index contributed by atoms with van der Waals surface area (Å²) in [6.07, 6.45) is 9.67. The molecule has 0 bridgehead atoms. The Bertz CT molecular complexity index is 335. The lowest BCUT2D eigenvalue weighted by Gasteiger charge is -2.15. The molecule has 0 amide bonds. The van der Waals surface area contributed by atoms with Crippen molar-refractivity contribution < 1.29 is 0 Å². The van der Waals surface area contributed by atoms with Crippen LogP contribution in [0.5, 0.6) is 0 Å². The molecule has 2 rings (SSSR count).